The van der Waals surface area contributed by atoms with Crippen LogP contribution in [0.2, 0.25) is 0 Å². The summed E-state index contributed by atoms with van der Waals surface area (Å²) in [5, 5.41) is 9.44. The van der Waals surface area contributed by atoms with Gasteiger partial charge in [0.1, 0.15) is 11.8 Å². The lowest BCUT2D eigenvalue weighted by Gasteiger charge is -2.29. The number of carbonyl (C=O) groups excluding carboxylic acids is 1. The molecule has 182 valence electrons. The Bertz CT molecular complexity index is 933. The Morgan fingerprint density at radius 2 is 1.62 bits per heavy atom. The van der Waals surface area contributed by atoms with Crippen LogP contribution in [0.5, 0.6) is 5.75 Å². The molecule has 0 heterocycles. The molecule has 2 aromatic carbocycles. The van der Waals surface area contributed by atoms with Gasteiger partial charge >= 0.3 is 5.97 Å². The quantitative estimate of drug-likeness (QED) is 0.181. The van der Waals surface area contributed by atoms with Crippen molar-refractivity contribution in [2.75, 3.05) is 0 Å². The van der Waals surface area contributed by atoms with Crippen LogP contribution in [0.3, 0.4) is 0 Å². The lowest BCUT2D eigenvalue weighted by molar-refractivity contribution is 0.0734. The number of benzene rings is 2. The molecule has 1 aliphatic carbocycles. The number of rotatable bonds is 12. The average molecular weight is 460 g/mol. The molecule has 3 rings (SSSR count). The standard InChI is InChI=1S/C31H41NO2/c1-3-5-6-7-8-9-11-24-12-15-26(16-13-24)27-17-19-28(20-18-27)31(33)34-30-21-14-25(10-4-2)22-29(30)23-32/h14,17-22,24,26H,3-13,15-16H2,1-2H3. The van der Waals surface area contributed by atoms with Crippen LogP contribution < -0.4 is 4.74 Å². The van der Waals surface area contributed by atoms with Gasteiger partial charge in [0.05, 0.1) is 11.1 Å². The molecule has 0 radical (unpaired) electrons. The molecule has 1 fully saturated rings. The largest absolute Gasteiger partial charge is 0.422 e. The van der Waals surface area contributed by atoms with E-state index in [-0.39, 0.29) is 0 Å². The van der Waals surface area contributed by atoms with Gasteiger partial charge in [-0.2, -0.15) is 5.26 Å². The fourth-order valence-electron chi connectivity index (χ4n) is 5.25. The van der Waals surface area contributed by atoms with Crippen LogP contribution >= 0.6 is 0 Å². The minimum absolute atomic E-state index is 0.333. The van der Waals surface area contributed by atoms with Gasteiger partial charge in [0.15, 0.2) is 0 Å². The van der Waals surface area contributed by atoms with E-state index in [1.165, 1.54) is 76.2 Å². The molecule has 1 saturated carbocycles. The molecule has 34 heavy (non-hydrogen) atoms. The van der Waals surface area contributed by atoms with Gasteiger partial charge in [-0.15, -0.1) is 0 Å². The maximum atomic E-state index is 12.7. The Morgan fingerprint density at radius 3 is 2.29 bits per heavy atom. The molecule has 2 aromatic rings. The molecular formula is C31H41NO2. The van der Waals surface area contributed by atoms with Gasteiger partial charge < -0.3 is 4.74 Å². The summed E-state index contributed by atoms with van der Waals surface area (Å²) in [7, 11) is 0. The zero-order valence-electron chi connectivity index (χ0n) is 21.2. The molecule has 0 atom stereocenters. The molecule has 0 bridgehead atoms. The lowest BCUT2D eigenvalue weighted by atomic mass is 9.77. The number of nitriles is 1. The molecule has 3 heteroatoms. The maximum absolute atomic E-state index is 12.7. The summed E-state index contributed by atoms with van der Waals surface area (Å²) >= 11 is 0. The molecule has 3 nitrogen and oxygen atoms in total. The van der Waals surface area contributed by atoms with E-state index in [1.54, 1.807) is 6.07 Å². The zero-order valence-corrected chi connectivity index (χ0v) is 21.2. The third kappa shape index (κ3) is 7.73. The van der Waals surface area contributed by atoms with Crippen molar-refractivity contribution in [3.8, 4) is 11.8 Å². The molecular weight excluding hydrogens is 418 g/mol. The molecule has 0 unspecified atom stereocenters. The zero-order chi connectivity index (χ0) is 24.2. The molecule has 0 aromatic heterocycles. The van der Waals surface area contributed by atoms with E-state index in [4.69, 9.17) is 4.74 Å². The van der Waals surface area contributed by atoms with Crippen molar-refractivity contribution in [1.82, 2.24) is 0 Å². The summed E-state index contributed by atoms with van der Waals surface area (Å²) in [6.07, 6.45) is 16.8. The van der Waals surface area contributed by atoms with Gasteiger partial charge in [0.25, 0.3) is 0 Å². The highest BCUT2D eigenvalue weighted by molar-refractivity contribution is 5.91. The minimum Gasteiger partial charge on any atom is -0.422 e. The molecule has 0 saturated heterocycles. The van der Waals surface area contributed by atoms with Crippen LogP contribution in [0, 0.1) is 17.2 Å². The number of hydrogen-bond donors (Lipinski definition) is 0. The number of unbranched alkanes of at least 4 members (excludes halogenated alkanes) is 5. The van der Waals surface area contributed by atoms with Gasteiger partial charge in [-0.05, 0) is 79.3 Å². The second-order valence-corrected chi connectivity index (χ2v) is 9.98. The van der Waals surface area contributed by atoms with E-state index in [9.17, 15) is 10.1 Å². The van der Waals surface area contributed by atoms with Crippen LogP contribution in [-0.2, 0) is 6.42 Å². The number of ether oxygens (including phenoxy) is 1. The van der Waals surface area contributed by atoms with E-state index in [2.05, 4.69) is 32.0 Å². The molecule has 0 spiro atoms. The summed E-state index contributed by atoms with van der Waals surface area (Å²) in [5.41, 5.74) is 3.36. The topological polar surface area (TPSA) is 50.1 Å². The molecule has 1 aliphatic rings. The van der Waals surface area contributed by atoms with E-state index in [0.717, 1.165) is 24.3 Å². The van der Waals surface area contributed by atoms with E-state index in [0.29, 0.717) is 22.8 Å². The summed E-state index contributed by atoms with van der Waals surface area (Å²) in [6, 6.07) is 15.6. The number of aryl methyl sites for hydroxylation is 1. The second-order valence-electron chi connectivity index (χ2n) is 9.98. The van der Waals surface area contributed by atoms with E-state index >= 15 is 0 Å². The van der Waals surface area contributed by atoms with Crippen LogP contribution in [0.25, 0.3) is 0 Å². The number of hydrogen-bond acceptors (Lipinski definition) is 3. The van der Waals surface area contributed by atoms with Crippen LogP contribution in [0.1, 0.15) is 124 Å². The van der Waals surface area contributed by atoms with E-state index < -0.39 is 5.97 Å². The Hall–Kier alpha value is -2.60. The predicted molar refractivity (Wildman–Crippen MR) is 139 cm³/mol. The van der Waals surface area contributed by atoms with Crippen molar-refractivity contribution >= 4 is 5.97 Å². The summed E-state index contributed by atoms with van der Waals surface area (Å²) in [4.78, 5) is 12.7. The Kier molecular flexibility index (Phi) is 10.7. The molecule has 0 amide bonds. The van der Waals surface area contributed by atoms with Crippen molar-refractivity contribution in [1.29, 1.82) is 5.26 Å². The fourth-order valence-corrected chi connectivity index (χ4v) is 5.25. The number of nitrogens with zero attached hydrogens (tertiary/aromatic N) is 1. The predicted octanol–water partition coefficient (Wildman–Crippen LogP) is 8.75. The minimum atomic E-state index is -0.408. The summed E-state index contributed by atoms with van der Waals surface area (Å²) in [6.45, 7) is 4.38. The number of carbonyl (C=O) groups is 1. The smallest absolute Gasteiger partial charge is 0.343 e. The average Bonchev–Trinajstić information content (AvgIpc) is 2.87. The highest BCUT2D eigenvalue weighted by atomic mass is 16.5. The number of esters is 1. The van der Waals surface area contributed by atoms with Gasteiger partial charge in [-0.1, -0.05) is 83.4 Å². The third-order valence-electron chi connectivity index (χ3n) is 7.34. The third-order valence-corrected chi connectivity index (χ3v) is 7.34. The first-order valence-electron chi connectivity index (χ1n) is 13.5. The monoisotopic (exact) mass is 459 g/mol. The first-order chi connectivity index (χ1) is 16.6. The summed E-state index contributed by atoms with van der Waals surface area (Å²) < 4.78 is 5.56. The fraction of sp³-hybridized carbons (Fsp3) is 0.548. The van der Waals surface area contributed by atoms with Gasteiger partial charge in [0, 0.05) is 0 Å². The SMILES string of the molecule is CCCCCCCCC1CCC(c2ccc(C(=O)Oc3ccc(CCC)cc3C#N)cc2)CC1. The lowest BCUT2D eigenvalue weighted by Crippen LogP contribution is -2.14. The normalized spacial score (nSPS) is 17.8. The van der Waals surface area contributed by atoms with Gasteiger partial charge in [0.2, 0.25) is 0 Å². The van der Waals surface area contributed by atoms with Crippen LogP contribution in [-0.4, -0.2) is 5.97 Å². The van der Waals surface area contributed by atoms with Crippen molar-refractivity contribution in [3.63, 3.8) is 0 Å². The van der Waals surface area contributed by atoms with Crippen molar-refractivity contribution in [2.24, 2.45) is 5.92 Å². The maximum Gasteiger partial charge on any atom is 0.343 e. The van der Waals surface area contributed by atoms with Crippen LogP contribution in [0.15, 0.2) is 42.5 Å². The van der Waals surface area contributed by atoms with Crippen molar-refractivity contribution < 1.29 is 9.53 Å². The Labute approximate surface area is 206 Å². The van der Waals surface area contributed by atoms with Gasteiger partial charge in [-0.25, -0.2) is 4.79 Å². The first-order valence-corrected chi connectivity index (χ1v) is 13.5. The molecule has 0 N–H and O–H groups in total. The van der Waals surface area contributed by atoms with Gasteiger partial charge in [-0.3, -0.25) is 0 Å². The molecule has 0 aliphatic heterocycles. The van der Waals surface area contributed by atoms with Crippen molar-refractivity contribution in [3.05, 3.63) is 64.7 Å². The second kappa shape index (κ2) is 14.0. The summed E-state index contributed by atoms with van der Waals surface area (Å²) in [5.74, 6) is 1.42. The Balaban J connectivity index is 1.47. The highest BCUT2D eigenvalue weighted by Gasteiger charge is 2.22. The highest BCUT2D eigenvalue weighted by Crippen LogP contribution is 2.38. The Morgan fingerprint density at radius 1 is 0.912 bits per heavy atom. The van der Waals surface area contributed by atoms with E-state index in [1.807, 2.05) is 24.3 Å². The first kappa shape index (κ1) is 26.0. The van der Waals surface area contributed by atoms with Crippen LogP contribution in [0.4, 0.5) is 0 Å². The van der Waals surface area contributed by atoms with Crippen molar-refractivity contribution in [2.45, 2.75) is 103 Å².